The van der Waals surface area contributed by atoms with Gasteiger partial charge in [-0.3, -0.25) is 4.79 Å². The van der Waals surface area contributed by atoms with Gasteiger partial charge in [-0.15, -0.1) is 0 Å². The van der Waals surface area contributed by atoms with Gasteiger partial charge < -0.3 is 9.47 Å². The van der Waals surface area contributed by atoms with Crippen LogP contribution in [-0.2, 0) is 19.1 Å². The molecule has 0 aromatic carbocycles. The molecule has 1 aliphatic heterocycles. The van der Waals surface area contributed by atoms with Crippen LogP contribution < -0.4 is 0 Å². The third kappa shape index (κ3) is 1.34. The SMILES string of the molecule is CC(=O)OC1=CCOC1=O. The Labute approximate surface area is 57.4 Å². The summed E-state index contributed by atoms with van der Waals surface area (Å²) in [5.41, 5.74) is 0. The molecule has 0 spiro atoms. The van der Waals surface area contributed by atoms with E-state index in [1.807, 2.05) is 0 Å². The number of ether oxygens (including phenoxy) is 2. The molecule has 0 saturated carbocycles. The van der Waals surface area contributed by atoms with Crippen LogP contribution in [0, 0.1) is 0 Å². The van der Waals surface area contributed by atoms with E-state index in [9.17, 15) is 9.59 Å². The van der Waals surface area contributed by atoms with Crippen molar-refractivity contribution in [2.45, 2.75) is 6.92 Å². The summed E-state index contributed by atoms with van der Waals surface area (Å²) in [6.45, 7) is 1.42. The Balaban J connectivity index is 2.56. The minimum absolute atomic E-state index is 0.00694. The zero-order valence-electron chi connectivity index (χ0n) is 5.42. The first-order valence-electron chi connectivity index (χ1n) is 2.76. The molecule has 1 aliphatic rings. The van der Waals surface area contributed by atoms with Crippen LogP contribution in [0.3, 0.4) is 0 Å². The van der Waals surface area contributed by atoms with Gasteiger partial charge in [-0.05, 0) is 0 Å². The van der Waals surface area contributed by atoms with Crippen molar-refractivity contribution in [2.24, 2.45) is 0 Å². The fourth-order valence-corrected chi connectivity index (χ4v) is 0.586. The average molecular weight is 142 g/mol. The van der Waals surface area contributed by atoms with Gasteiger partial charge in [-0.1, -0.05) is 0 Å². The quantitative estimate of drug-likeness (QED) is 0.483. The van der Waals surface area contributed by atoms with Gasteiger partial charge in [0.2, 0.25) is 5.76 Å². The molecular formula is C6H6O4. The lowest BCUT2D eigenvalue weighted by atomic mass is 10.5. The van der Waals surface area contributed by atoms with Gasteiger partial charge in [-0.2, -0.15) is 0 Å². The molecule has 4 nitrogen and oxygen atoms in total. The Morgan fingerprint density at radius 3 is 2.90 bits per heavy atom. The van der Waals surface area contributed by atoms with Crippen molar-refractivity contribution in [3.63, 3.8) is 0 Å². The molecule has 0 aromatic rings. The number of rotatable bonds is 1. The first kappa shape index (κ1) is 6.80. The molecule has 54 valence electrons. The third-order valence-electron chi connectivity index (χ3n) is 0.938. The van der Waals surface area contributed by atoms with Crippen LogP contribution >= 0.6 is 0 Å². The van der Waals surface area contributed by atoms with Crippen LogP contribution in [-0.4, -0.2) is 18.5 Å². The smallest absolute Gasteiger partial charge is 0.374 e. The number of esters is 2. The molecule has 1 heterocycles. The maximum absolute atomic E-state index is 10.5. The number of hydrogen-bond acceptors (Lipinski definition) is 4. The topological polar surface area (TPSA) is 52.6 Å². The first-order chi connectivity index (χ1) is 4.70. The second-order valence-electron chi connectivity index (χ2n) is 1.76. The minimum atomic E-state index is -0.574. The Hall–Kier alpha value is -1.32. The Kier molecular flexibility index (Phi) is 1.71. The van der Waals surface area contributed by atoms with E-state index in [2.05, 4.69) is 9.47 Å². The largest absolute Gasteiger partial charge is 0.455 e. The molecule has 0 N–H and O–H groups in total. The molecule has 0 amide bonds. The Morgan fingerprint density at radius 2 is 2.50 bits per heavy atom. The highest BCUT2D eigenvalue weighted by atomic mass is 16.6. The monoisotopic (exact) mass is 142 g/mol. The number of cyclic esters (lactones) is 1. The summed E-state index contributed by atoms with van der Waals surface area (Å²) in [4.78, 5) is 20.8. The van der Waals surface area contributed by atoms with Crippen molar-refractivity contribution in [3.05, 3.63) is 11.8 Å². The van der Waals surface area contributed by atoms with Crippen LogP contribution in [0.4, 0.5) is 0 Å². The summed E-state index contributed by atoms with van der Waals surface area (Å²) in [5, 5.41) is 0. The Morgan fingerprint density at radius 1 is 1.80 bits per heavy atom. The van der Waals surface area contributed by atoms with E-state index in [4.69, 9.17) is 0 Å². The molecule has 0 aromatic heterocycles. The molecule has 0 radical (unpaired) electrons. The van der Waals surface area contributed by atoms with Gasteiger partial charge >= 0.3 is 11.9 Å². The third-order valence-corrected chi connectivity index (χ3v) is 0.938. The molecule has 0 aliphatic carbocycles. The summed E-state index contributed by atoms with van der Waals surface area (Å²) in [7, 11) is 0. The van der Waals surface area contributed by atoms with Gasteiger partial charge in [0.25, 0.3) is 0 Å². The highest BCUT2D eigenvalue weighted by molar-refractivity contribution is 5.90. The predicted molar refractivity (Wildman–Crippen MR) is 30.8 cm³/mol. The predicted octanol–water partition coefficient (Wildman–Crippen LogP) is -0.00980. The fraction of sp³-hybridized carbons (Fsp3) is 0.333. The highest BCUT2D eigenvalue weighted by Crippen LogP contribution is 2.07. The van der Waals surface area contributed by atoms with Gasteiger partial charge in [0.05, 0.1) is 0 Å². The van der Waals surface area contributed by atoms with E-state index in [1.54, 1.807) is 0 Å². The fourth-order valence-electron chi connectivity index (χ4n) is 0.586. The summed E-state index contributed by atoms with van der Waals surface area (Å²) >= 11 is 0. The van der Waals surface area contributed by atoms with Crippen molar-refractivity contribution < 1.29 is 19.1 Å². The number of carbonyl (C=O) groups is 2. The normalized spacial score (nSPS) is 16.1. The van der Waals surface area contributed by atoms with Gasteiger partial charge in [0, 0.05) is 13.0 Å². The highest BCUT2D eigenvalue weighted by Gasteiger charge is 2.19. The summed E-state index contributed by atoms with van der Waals surface area (Å²) in [6.07, 6.45) is 1.42. The molecule has 0 unspecified atom stereocenters. The van der Waals surface area contributed by atoms with Crippen LogP contribution in [0.2, 0.25) is 0 Å². The van der Waals surface area contributed by atoms with Crippen LogP contribution in [0.25, 0.3) is 0 Å². The van der Waals surface area contributed by atoms with Crippen molar-refractivity contribution in [1.82, 2.24) is 0 Å². The van der Waals surface area contributed by atoms with E-state index in [-0.39, 0.29) is 12.4 Å². The molecule has 0 bridgehead atoms. The van der Waals surface area contributed by atoms with E-state index in [0.717, 1.165) is 0 Å². The van der Waals surface area contributed by atoms with E-state index in [1.165, 1.54) is 13.0 Å². The summed E-state index contributed by atoms with van der Waals surface area (Å²) < 4.78 is 8.93. The van der Waals surface area contributed by atoms with Crippen LogP contribution in [0.15, 0.2) is 11.8 Å². The van der Waals surface area contributed by atoms with Crippen LogP contribution in [0.1, 0.15) is 6.92 Å². The van der Waals surface area contributed by atoms with Crippen molar-refractivity contribution in [2.75, 3.05) is 6.61 Å². The van der Waals surface area contributed by atoms with Gasteiger partial charge in [-0.25, -0.2) is 4.79 Å². The van der Waals surface area contributed by atoms with E-state index in [0.29, 0.717) is 0 Å². The van der Waals surface area contributed by atoms with Crippen molar-refractivity contribution in [1.29, 1.82) is 0 Å². The van der Waals surface area contributed by atoms with E-state index >= 15 is 0 Å². The van der Waals surface area contributed by atoms with Crippen molar-refractivity contribution in [3.8, 4) is 0 Å². The number of carbonyl (C=O) groups excluding carboxylic acids is 2. The Bertz CT molecular complexity index is 204. The molecule has 0 saturated heterocycles. The maximum atomic E-state index is 10.5. The first-order valence-corrected chi connectivity index (χ1v) is 2.76. The molecule has 4 heteroatoms. The lowest BCUT2D eigenvalue weighted by molar-refractivity contribution is -0.147. The molecule has 0 atom stereocenters. The molecule has 1 rings (SSSR count). The zero-order valence-corrected chi connectivity index (χ0v) is 5.42. The average Bonchev–Trinajstić information content (AvgIpc) is 2.15. The second-order valence-corrected chi connectivity index (χ2v) is 1.76. The van der Waals surface area contributed by atoms with E-state index < -0.39 is 11.9 Å². The number of hydrogen-bond donors (Lipinski definition) is 0. The molecular weight excluding hydrogens is 136 g/mol. The van der Waals surface area contributed by atoms with Crippen molar-refractivity contribution >= 4 is 11.9 Å². The zero-order chi connectivity index (χ0) is 7.56. The standard InChI is InChI=1S/C6H6O4/c1-4(7)10-5-2-3-9-6(5)8/h2H,3H2,1H3. The minimum Gasteiger partial charge on any atom is -0.455 e. The maximum Gasteiger partial charge on any atom is 0.374 e. The van der Waals surface area contributed by atoms with Gasteiger partial charge in [0.15, 0.2) is 0 Å². The summed E-state index contributed by atoms with van der Waals surface area (Å²) in [6, 6.07) is 0. The lowest BCUT2D eigenvalue weighted by Crippen LogP contribution is -2.06. The second kappa shape index (κ2) is 2.51. The molecule has 10 heavy (non-hydrogen) atoms. The summed E-state index contributed by atoms with van der Waals surface area (Å²) in [5.74, 6) is -1.09. The lowest BCUT2D eigenvalue weighted by Gasteiger charge is -1.96. The van der Waals surface area contributed by atoms with Crippen LogP contribution in [0.5, 0.6) is 0 Å². The van der Waals surface area contributed by atoms with Gasteiger partial charge in [0.1, 0.15) is 6.61 Å². The molecule has 0 fully saturated rings.